The van der Waals surface area contributed by atoms with Crippen molar-refractivity contribution in [3.8, 4) is 0 Å². The van der Waals surface area contributed by atoms with Crippen molar-refractivity contribution in [1.82, 2.24) is 0 Å². The lowest BCUT2D eigenvalue weighted by atomic mass is 10.1. The van der Waals surface area contributed by atoms with Crippen LogP contribution in [0.4, 0.5) is 0 Å². The van der Waals surface area contributed by atoms with E-state index in [-0.39, 0.29) is 32.3 Å². The zero-order chi connectivity index (χ0) is 38.1. The fourth-order valence-corrected chi connectivity index (χ4v) is 5.90. The Bertz CT molecular complexity index is 1020. The van der Waals surface area contributed by atoms with Gasteiger partial charge in [0.25, 0.3) is 0 Å². The van der Waals surface area contributed by atoms with Crippen LogP contribution in [-0.4, -0.2) is 49.9 Å². The molecule has 9 heteroatoms. The average Bonchev–Trinajstić information content (AvgIpc) is 3.13. The van der Waals surface area contributed by atoms with Crippen molar-refractivity contribution >= 4 is 13.8 Å². The summed E-state index contributed by atoms with van der Waals surface area (Å²) in [6.07, 6.45) is 49.1. The monoisotopic (exact) mass is 750 g/mol. The van der Waals surface area contributed by atoms with Crippen LogP contribution in [0.5, 0.6) is 0 Å². The molecule has 0 spiro atoms. The molecule has 8 nitrogen and oxygen atoms in total. The van der Waals surface area contributed by atoms with Crippen LogP contribution in [0.25, 0.3) is 0 Å². The Labute approximate surface area is 318 Å². The van der Waals surface area contributed by atoms with Gasteiger partial charge in [0.1, 0.15) is 6.10 Å². The van der Waals surface area contributed by atoms with E-state index in [1.165, 1.54) is 38.5 Å². The lowest BCUT2D eigenvalue weighted by Gasteiger charge is -2.20. The maximum absolute atomic E-state index is 12.6. The number of rotatable bonds is 38. The molecule has 0 saturated heterocycles. The second kappa shape index (κ2) is 40.1. The summed E-state index contributed by atoms with van der Waals surface area (Å²) in [4.78, 5) is 22.4. The van der Waals surface area contributed by atoms with Gasteiger partial charge in [0, 0.05) is 19.6 Å². The normalized spacial score (nSPS) is 14.3. The first-order valence-electron chi connectivity index (χ1n) is 20.4. The molecule has 0 bridgehead atoms. The number of allylic oxidation sites excluding steroid dienone is 12. The van der Waals surface area contributed by atoms with Crippen LogP contribution in [0.2, 0.25) is 0 Å². The molecule has 0 rings (SSSR count). The number of ether oxygens (including phenoxy) is 2. The molecule has 0 aliphatic heterocycles. The summed E-state index contributed by atoms with van der Waals surface area (Å²) in [5.74, 6) is -0.355. The largest absolute Gasteiger partial charge is 0.472 e. The lowest BCUT2D eigenvalue weighted by Crippen LogP contribution is -2.28. The van der Waals surface area contributed by atoms with Crippen molar-refractivity contribution in [2.75, 3.05) is 33.0 Å². The third-order valence-electron chi connectivity index (χ3n) is 8.11. The van der Waals surface area contributed by atoms with Gasteiger partial charge in [-0.05, 0) is 83.5 Å². The molecule has 0 aromatic heterocycles. The van der Waals surface area contributed by atoms with Crippen LogP contribution >= 0.6 is 7.82 Å². The fraction of sp³-hybridized carbons (Fsp3) is 0.698. The van der Waals surface area contributed by atoms with E-state index in [1.807, 2.05) is 0 Å². The zero-order valence-electron chi connectivity index (χ0n) is 33.0. The predicted octanol–water partition coefficient (Wildman–Crippen LogP) is 12.0. The molecule has 0 fully saturated rings. The van der Waals surface area contributed by atoms with E-state index < -0.39 is 13.9 Å². The van der Waals surface area contributed by atoms with Crippen LogP contribution in [0.15, 0.2) is 72.9 Å². The third-order valence-corrected chi connectivity index (χ3v) is 9.09. The van der Waals surface area contributed by atoms with Crippen molar-refractivity contribution in [1.29, 1.82) is 0 Å². The molecule has 0 aromatic carbocycles. The number of esters is 1. The summed E-state index contributed by atoms with van der Waals surface area (Å²) < 4.78 is 33.3. The molecule has 52 heavy (non-hydrogen) atoms. The van der Waals surface area contributed by atoms with E-state index >= 15 is 0 Å². The summed E-state index contributed by atoms with van der Waals surface area (Å²) >= 11 is 0. The molecule has 3 N–H and O–H groups in total. The minimum absolute atomic E-state index is 0.0907. The quantitative estimate of drug-likeness (QED) is 0.0277. The fourth-order valence-electron chi connectivity index (χ4n) is 5.13. The van der Waals surface area contributed by atoms with E-state index in [9.17, 15) is 14.3 Å². The van der Waals surface area contributed by atoms with E-state index in [2.05, 4.69) is 86.8 Å². The molecule has 0 aromatic rings. The van der Waals surface area contributed by atoms with Crippen molar-refractivity contribution in [2.45, 2.75) is 161 Å². The zero-order valence-corrected chi connectivity index (χ0v) is 33.9. The summed E-state index contributed by atoms with van der Waals surface area (Å²) in [6, 6.07) is 0. The topological polar surface area (TPSA) is 117 Å². The number of carbonyl (C=O) groups excluding carboxylic acids is 1. The Hall–Kier alpha value is -2.06. The minimum atomic E-state index is -4.29. The smallest absolute Gasteiger partial charge is 0.457 e. The molecule has 2 atom stereocenters. The van der Waals surface area contributed by atoms with Gasteiger partial charge in [-0.1, -0.05) is 138 Å². The highest BCUT2D eigenvalue weighted by molar-refractivity contribution is 7.47. The minimum Gasteiger partial charge on any atom is -0.457 e. The van der Waals surface area contributed by atoms with Gasteiger partial charge >= 0.3 is 13.8 Å². The first-order chi connectivity index (χ1) is 25.4. The van der Waals surface area contributed by atoms with Crippen LogP contribution < -0.4 is 5.73 Å². The van der Waals surface area contributed by atoms with E-state index in [1.54, 1.807) is 0 Å². The van der Waals surface area contributed by atoms with E-state index in [0.29, 0.717) is 13.0 Å². The molecular weight excluding hydrogens is 673 g/mol. The Morgan fingerprint density at radius 3 is 1.62 bits per heavy atom. The van der Waals surface area contributed by atoms with Crippen molar-refractivity contribution < 1.29 is 32.8 Å². The first-order valence-corrected chi connectivity index (χ1v) is 21.9. The second-order valence-corrected chi connectivity index (χ2v) is 14.6. The molecule has 0 heterocycles. The molecular formula is C43H76NO7P. The maximum Gasteiger partial charge on any atom is 0.472 e. The number of phosphoric acid groups is 1. The summed E-state index contributed by atoms with van der Waals surface area (Å²) in [5.41, 5.74) is 5.36. The van der Waals surface area contributed by atoms with Gasteiger partial charge in [-0.3, -0.25) is 13.8 Å². The highest BCUT2D eigenvalue weighted by Crippen LogP contribution is 2.43. The number of hydrogen-bond acceptors (Lipinski definition) is 7. The highest BCUT2D eigenvalue weighted by Gasteiger charge is 2.25. The first kappa shape index (κ1) is 49.9. The van der Waals surface area contributed by atoms with Gasteiger partial charge < -0.3 is 20.1 Å². The second-order valence-electron chi connectivity index (χ2n) is 13.1. The van der Waals surface area contributed by atoms with E-state index in [4.69, 9.17) is 24.3 Å². The molecule has 0 aliphatic rings. The number of hydrogen-bond donors (Lipinski definition) is 2. The Balaban J connectivity index is 4.14. The van der Waals surface area contributed by atoms with Gasteiger partial charge in [0.05, 0.1) is 19.8 Å². The molecule has 0 radical (unpaired) electrons. The maximum atomic E-state index is 12.6. The molecule has 0 amide bonds. The third kappa shape index (κ3) is 39.2. The average molecular weight is 750 g/mol. The Kier molecular flexibility index (Phi) is 38.5. The predicted molar refractivity (Wildman–Crippen MR) is 219 cm³/mol. The SMILES string of the molecule is CC/C=C\C/C=C\C/C=C\C/C=C\CCCCCCCOCC(COP(=O)(O)OCCN)OC(=O)CCCCCCC/C=C\C/C=C\CCCCC. The summed E-state index contributed by atoms with van der Waals surface area (Å²) in [7, 11) is -4.29. The van der Waals surface area contributed by atoms with Gasteiger partial charge in [0.15, 0.2) is 0 Å². The standard InChI is InChI=1S/C43H76NO7P/c1-3-5-7-9-11-13-15-17-19-20-21-23-25-27-29-31-33-35-38-48-40-42(41-50-52(46,47)49-39-37-44)51-43(45)36-34-32-30-28-26-24-22-18-16-14-12-10-8-6-4-2/h5,7,11-14,17-19,21-23,42H,3-4,6,8-10,15-16,20,24-41,44H2,1-2H3,(H,46,47)/b7-5-,13-11-,14-12-,19-17-,22-18-,23-21-. The van der Waals surface area contributed by atoms with Crippen molar-refractivity contribution in [3.05, 3.63) is 72.9 Å². The highest BCUT2D eigenvalue weighted by atomic mass is 31.2. The van der Waals surface area contributed by atoms with Crippen LogP contribution in [0, 0.1) is 0 Å². The van der Waals surface area contributed by atoms with Gasteiger partial charge in [-0.25, -0.2) is 4.57 Å². The summed E-state index contributed by atoms with van der Waals surface area (Å²) in [5, 5.41) is 0. The molecule has 300 valence electrons. The number of unbranched alkanes of at least 4 members (excludes halogenated alkanes) is 13. The number of carbonyl (C=O) groups is 1. The van der Waals surface area contributed by atoms with Gasteiger partial charge in [-0.2, -0.15) is 0 Å². The lowest BCUT2D eigenvalue weighted by molar-refractivity contribution is -0.154. The van der Waals surface area contributed by atoms with Crippen molar-refractivity contribution in [3.63, 3.8) is 0 Å². The van der Waals surface area contributed by atoms with Crippen LogP contribution in [0.1, 0.15) is 155 Å². The van der Waals surface area contributed by atoms with Crippen molar-refractivity contribution in [2.24, 2.45) is 5.73 Å². The molecule has 0 aliphatic carbocycles. The number of phosphoric ester groups is 1. The number of nitrogens with two attached hydrogens (primary N) is 1. The van der Waals surface area contributed by atoms with Gasteiger partial charge in [-0.15, -0.1) is 0 Å². The molecule has 2 unspecified atom stereocenters. The van der Waals surface area contributed by atoms with E-state index in [0.717, 1.165) is 96.3 Å². The van der Waals surface area contributed by atoms with Gasteiger partial charge in [0.2, 0.25) is 0 Å². The van der Waals surface area contributed by atoms with Crippen LogP contribution in [-0.2, 0) is 27.9 Å². The molecule has 0 saturated carbocycles. The Morgan fingerprint density at radius 2 is 1.08 bits per heavy atom. The Morgan fingerprint density at radius 1 is 0.596 bits per heavy atom. The summed E-state index contributed by atoms with van der Waals surface area (Å²) in [6.45, 7) is 4.69. The van der Waals surface area contributed by atoms with Crippen LogP contribution in [0.3, 0.4) is 0 Å².